The van der Waals surface area contributed by atoms with E-state index in [0.717, 1.165) is 32.6 Å². The van der Waals surface area contributed by atoms with Gasteiger partial charge in [0, 0.05) is 37.8 Å². The molecule has 1 saturated heterocycles. The fourth-order valence-electron chi connectivity index (χ4n) is 2.43. The van der Waals surface area contributed by atoms with E-state index in [0.29, 0.717) is 17.8 Å². The van der Waals surface area contributed by atoms with Crippen molar-refractivity contribution in [3.8, 4) is 0 Å². The van der Waals surface area contributed by atoms with E-state index in [1.807, 2.05) is 11.8 Å². The summed E-state index contributed by atoms with van der Waals surface area (Å²) in [5.74, 6) is -0.287. The number of carbonyl (C=O) groups is 1. The number of benzene rings is 1. The van der Waals surface area contributed by atoms with Gasteiger partial charge in [-0.25, -0.2) is 0 Å². The smallest absolute Gasteiger partial charge is 0.293 e. The van der Waals surface area contributed by atoms with Gasteiger partial charge in [0.25, 0.3) is 11.6 Å². The highest BCUT2D eigenvalue weighted by molar-refractivity contribution is 5.95. The maximum Gasteiger partial charge on any atom is 0.293 e. The first-order chi connectivity index (χ1) is 10.1. The Balaban J connectivity index is 2.32. The van der Waals surface area contributed by atoms with Crippen molar-refractivity contribution in [3.63, 3.8) is 0 Å². The van der Waals surface area contributed by atoms with E-state index in [-0.39, 0.29) is 11.6 Å². The first-order valence-corrected chi connectivity index (χ1v) is 7.15. The first-order valence-electron chi connectivity index (χ1n) is 7.15. The van der Waals surface area contributed by atoms with Crippen LogP contribution in [0.5, 0.6) is 0 Å². The van der Waals surface area contributed by atoms with E-state index < -0.39 is 4.92 Å². The SMILES string of the molecule is CCNC(=O)c1ccc(N2CCCNCC2)c([N+](=O)[O-])c1. The lowest BCUT2D eigenvalue weighted by Crippen LogP contribution is -2.28. The van der Waals surface area contributed by atoms with Crippen molar-refractivity contribution in [2.24, 2.45) is 0 Å². The van der Waals surface area contributed by atoms with Crippen LogP contribution in [-0.4, -0.2) is 43.6 Å². The van der Waals surface area contributed by atoms with Gasteiger partial charge in [0.1, 0.15) is 5.69 Å². The van der Waals surface area contributed by atoms with Gasteiger partial charge in [-0.15, -0.1) is 0 Å². The second-order valence-corrected chi connectivity index (χ2v) is 4.91. The molecular weight excluding hydrogens is 272 g/mol. The number of hydrogen-bond acceptors (Lipinski definition) is 5. The molecule has 0 unspecified atom stereocenters. The Morgan fingerprint density at radius 3 is 2.95 bits per heavy atom. The second-order valence-electron chi connectivity index (χ2n) is 4.91. The molecule has 0 atom stereocenters. The van der Waals surface area contributed by atoms with Gasteiger partial charge in [0.05, 0.1) is 4.92 Å². The molecule has 1 aromatic carbocycles. The summed E-state index contributed by atoms with van der Waals surface area (Å²) in [6, 6.07) is 4.68. The van der Waals surface area contributed by atoms with Crippen LogP contribution in [0.15, 0.2) is 18.2 Å². The molecule has 1 aliphatic rings. The lowest BCUT2D eigenvalue weighted by atomic mass is 10.1. The molecule has 1 amide bonds. The highest BCUT2D eigenvalue weighted by Gasteiger charge is 2.22. The topological polar surface area (TPSA) is 87.5 Å². The van der Waals surface area contributed by atoms with Crippen LogP contribution in [0.25, 0.3) is 0 Å². The summed E-state index contributed by atoms with van der Waals surface area (Å²) in [6.07, 6.45) is 0.940. The Morgan fingerprint density at radius 1 is 1.43 bits per heavy atom. The molecule has 2 N–H and O–H groups in total. The Morgan fingerprint density at radius 2 is 2.24 bits per heavy atom. The lowest BCUT2D eigenvalue weighted by Gasteiger charge is -2.22. The normalized spacial score (nSPS) is 15.4. The van der Waals surface area contributed by atoms with E-state index in [2.05, 4.69) is 10.6 Å². The van der Waals surface area contributed by atoms with Gasteiger partial charge in [0.2, 0.25) is 0 Å². The molecule has 1 aromatic rings. The largest absolute Gasteiger partial charge is 0.365 e. The van der Waals surface area contributed by atoms with Crippen LogP contribution in [-0.2, 0) is 0 Å². The van der Waals surface area contributed by atoms with E-state index in [1.54, 1.807) is 12.1 Å². The number of rotatable bonds is 4. The number of nitro groups is 1. The standard InChI is InChI=1S/C14H20N4O3/c1-2-16-14(19)11-4-5-12(13(10-11)18(20)21)17-8-3-6-15-7-9-17/h4-5,10,15H,2-3,6-9H2,1H3,(H,16,19). The fourth-order valence-corrected chi connectivity index (χ4v) is 2.43. The van der Waals surface area contributed by atoms with Crippen molar-refractivity contribution in [1.82, 2.24) is 10.6 Å². The zero-order valence-corrected chi connectivity index (χ0v) is 12.1. The summed E-state index contributed by atoms with van der Waals surface area (Å²) in [5.41, 5.74) is 0.887. The zero-order chi connectivity index (χ0) is 15.2. The highest BCUT2D eigenvalue weighted by Crippen LogP contribution is 2.29. The van der Waals surface area contributed by atoms with Crippen LogP contribution in [0.1, 0.15) is 23.7 Å². The van der Waals surface area contributed by atoms with Gasteiger partial charge < -0.3 is 15.5 Å². The van der Waals surface area contributed by atoms with Crippen LogP contribution >= 0.6 is 0 Å². The van der Waals surface area contributed by atoms with Gasteiger partial charge in [-0.05, 0) is 32.0 Å². The molecule has 7 heteroatoms. The minimum Gasteiger partial charge on any atom is -0.365 e. The summed E-state index contributed by atoms with van der Waals surface area (Å²) in [7, 11) is 0. The fraction of sp³-hybridized carbons (Fsp3) is 0.500. The van der Waals surface area contributed by atoms with E-state index in [1.165, 1.54) is 6.07 Å². The van der Waals surface area contributed by atoms with Gasteiger partial charge in [-0.1, -0.05) is 0 Å². The van der Waals surface area contributed by atoms with Gasteiger partial charge in [0.15, 0.2) is 0 Å². The summed E-state index contributed by atoms with van der Waals surface area (Å²) < 4.78 is 0. The van der Waals surface area contributed by atoms with E-state index in [9.17, 15) is 14.9 Å². The average molecular weight is 292 g/mol. The summed E-state index contributed by atoms with van der Waals surface area (Å²) >= 11 is 0. The number of hydrogen-bond donors (Lipinski definition) is 2. The van der Waals surface area contributed by atoms with E-state index >= 15 is 0 Å². The first kappa shape index (κ1) is 15.2. The maximum atomic E-state index is 11.8. The molecule has 0 spiro atoms. The molecule has 1 fully saturated rings. The molecular formula is C14H20N4O3. The van der Waals surface area contributed by atoms with Crippen molar-refractivity contribution >= 4 is 17.3 Å². The van der Waals surface area contributed by atoms with Crippen molar-refractivity contribution in [2.75, 3.05) is 37.6 Å². The molecule has 1 aliphatic heterocycles. The van der Waals surface area contributed by atoms with Gasteiger partial charge in [-0.3, -0.25) is 14.9 Å². The van der Waals surface area contributed by atoms with Crippen molar-refractivity contribution < 1.29 is 9.72 Å². The molecule has 114 valence electrons. The molecule has 1 heterocycles. The third kappa shape index (κ3) is 3.69. The predicted molar refractivity (Wildman–Crippen MR) is 80.8 cm³/mol. The molecule has 0 bridgehead atoms. The van der Waals surface area contributed by atoms with Crippen LogP contribution in [0.3, 0.4) is 0 Å². The van der Waals surface area contributed by atoms with Crippen LogP contribution in [0.4, 0.5) is 11.4 Å². The minimum atomic E-state index is -0.420. The van der Waals surface area contributed by atoms with Crippen molar-refractivity contribution in [1.29, 1.82) is 0 Å². The van der Waals surface area contributed by atoms with Gasteiger partial charge >= 0.3 is 0 Å². The zero-order valence-electron chi connectivity index (χ0n) is 12.1. The Hall–Kier alpha value is -2.15. The summed E-state index contributed by atoms with van der Waals surface area (Å²) in [5, 5.41) is 17.2. The third-order valence-electron chi connectivity index (χ3n) is 3.45. The number of nitrogens with one attached hydrogen (secondary N) is 2. The summed E-state index contributed by atoms with van der Waals surface area (Å²) in [6.45, 7) is 5.52. The van der Waals surface area contributed by atoms with E-state index in [4.69, 9.17) is 0 Å². The molecule has 0 radical (unpaired) electrons. The quantitative estimate of drug-likeness (QED) is 0.642. The predicted octanol–water partition coefficient (Wildman–Crippen LogP) is 1.14. The number of nitrogens with zero attached hydrogens (tertiary/aromatic N) is 2. The van der Waals surface area contributed by atoms with Crippen LogP contribution in [0, 0.1) is 10.1 Å². The minimum absolute atomic E-state index is 0.0133. The number of amides is 1. The van der Waals surface area contributed by atoms with Crippen LogP contribution < -0.4 is 15.5 Å². The molecule has 0 aromatic heterocycles. The highest BCUT2D eigenvalue weighted by atomic mass is 16.6. The Labute approximate surface area is 123 Å². The molecule has 7 nitrogen and oxygen atoms in total. The second kappa shape index (κ2) is 7.03. The number of anilines is 1. The molecule has 21 heavy (non-hydrogen) atoms. The lowest BCUT2D eigenvalue weighted by molar-refractivity contribution is -0.384. The number of nitro benzene ring substituents is 1. The Kier molecular flexibility index (Phi) is 5.10. The monoisotopic (exact) mass is 292 g/mol. The maximum absolute atomic E-state index is 11.8. The molecule has 0 aliphatic carbocycles. The van der Waals surface area contributed by atoms with Crippen molar-refractivity contribution in [2.45, 2.75) is 13.3 Å². The molecule has 2 rings (SSSR count). The van der Waals surface area contributed by atoms with Gasteiger partial charge in [-0.2, -0.15) is 0 Å². The molecule has 0 saturated carbocycles. The summed E-state index contributed by atoms with van der Waals surface area (Å²) in [4.78, 5) is 24.7. The van der Waals surface area contributed by atoms with Crippen LogP contribution in [0.2, 0.25) is 0 Å². The number of carbonyl (C=O) groups excluding carboxylic acids is 1. The third-order valence-corrected chi connectivity index (χ3v) is 3.45. The average Bonchev–Trinajstić information content (AvgIpc) is 2.75. The Bertz CT molecular complexity index is 525. The van der Waals surface area contributed by atoms with Crippen molar-refractivity contribution in [3.05, 3.63) is 33.9 Å².